The van der Waals surface area contributed by atoms with Gasteiger partial charge in [-0.05, 0) is 24.6 Å². The maximum Gasteiger partial charge on any atom is 0.586 e. The smallest absolute Gasteiger partial charge is 0.480 e. The number of benzene rings is 1. The average molecular weight is 342 g/mol. The molecule has 0 aromatic heterocycles. The number of carboxylic acids is 1. The zero-order valence-electron chi connectivity index (χ0n) is 12.3. The van der Waals surface area contributed by atoms with Crippen molar-refractivity contribution in [2.24, 2.45) is 0 Å². The van der Waals surface area contributed by atoms with Crippen LogP contribution in [0.3, 0.4) is 0 Å². The lowest BCUT2D eigenvalue weighted by Crippen LogP contribution is -2.61. The van der Waals surface area contributed by atoms with Gasteiger partial charge in [0.25, 0.3) is 0 Å². The Labute approximate surface area is 133 Å². The first-order valence-electron chi connectivity index (χ1n) is 6.93. The van der Waals surface area contributed by atoms with Gasteiger partial charge in [-0.3, -0.25) is 4.79 Å². The number of carbonyl (C=O) groups is 3. The first-order chi connectivity index (χ1) is 11.2. The van der Waals surface area contributed by atoms with Gasteiger partial charge in [0.1, 0.15) is 6.04 Å². The number of β-lactam (4-membered cyclic amide) rings is 1. The van der Waals surface area contributed by atoms with Crippen molar-refractivity contribution in [3.05, 3.63) is 23.8 Å². The summed E-state index contributed by atoms with van der Waals surface area (Å²) < 4.78 is 34.6. The molecule has 3 rings (SSSR count). The number of amides is 3. The molecule has 128 valence electrons. The monoisotopic (exact) mass is 342 g/mol. The Kier molecular flexibility index (Phi) is 3.54. The minimum Gasteiger partial charge on any atom is -0.480 e. The van der Waals surface area contributed by atoms with Crippen LogP contribution < -0.4 is 14.8 Å². The number of ether oxygens (including phenoxy) is 2. The molecule has 2 N–H and O–H groups in total. The quantitative estimate of drug-likeness (QED) is 0.806. The number of nitrogens with one attached hydrogen (secondary N) is 1. The van der Waals surface area contributed by atoms with Crippen LogP contribution in [0, 0.1) is 0 Å². The van der Waals surface area contributed by atoms with E-state index >= 15 is 0 Å². The Bertz CT molecular complexity index is 738. The summed E-state index contributed by atoms with van der Waals surface area (Å²) in [5.74, 6) is -2.19. The van der Waals surface area contributed by atoms with Gasteiger partial charge in [-0.2, -0.15) is 0 Å². The molecule has 2 unspecified atom stereocenters. The van der Waals surface area contributed by atoms with E-state index in [2.05, 4.69) is 14.8 Å². The largest absolute Gasteiger partial charge is 0.586 e. The van der Waals surface area contributed by atoms with Gasteiger partial charge in [0.2, 0.25) is 5.91 Å². The van der Waals surface area contributed by atoms with Gasteiger partial charge >= 0.3 is 18.3 Å². The Morgan fingerprint density at radius 1 is 1.38 bits per heavy atom. The predicted octanol–water partition coefficient (Wildman–Crippen LogP) is 1.46. The standard InChI is InChI=1S/C14H12F2N2O6/c1-6(17-13(22)18-8(12(20)21)5-11(18)19)7-2-3-9-10(4-7)24-14(15,16)23-9/h2-4,6,8H,5H2,1H3,(H,17,22)(H,20,21). The Hall–Kier alpha value is -2.91. The highest BCUT2D eigenvalue weighted by atomic mass is 19.3. The molecule has 10 heteroatoms. The first-order valence-corrected chi connectivity index (χ1v) is 6.93. The number of imide groups is 1. The zero-order valence-corrected chi connectivity index (χ0v) is 12.3. The van der Waals surface area contributed by atoms with Crippen LogP contribution in [0.1, 0.15) is 24.9 Å². The van der Waals surface area contributed by atoms with Gasteiger partial charge in [-0.25, -0.2) is 14.5 Å². The summed E-state index contributed by atoms with van der Waals surface area (Å²) in [7, 11) is 0. The Balaban J connectivity index is 1.70. The number of hydrogen-bond acceptors (Lipinski definition) is 5. The summed E-state index contributed by atoms with van der Waals surface area (Å²) in [6.07, 6.45) is -3.98. The SMILES string of the molecule is CC(NC(=O)N1C(=O)CC1C(=O)O)c1ccc2c(c1)OC(F)(F)O2. The van der Waals surface area contributed by atoms with Crippen LogP contribution in [0.25, 0.3) is 0 Å². The molecule has 0 aliphatic carbocycles. The molecule has 2 heterocycles. The molecule has 2 aliphatic heterocycles. The van der Waals surface area contributed by atoms with Crippen LogP contribution in [-0.2, 0) is 9.59 Å². The number of urea groups is 1. The van der Waals surface area contributed by atoms with Crippen LogP contribution >= 0.6 is 0 Å². The van der Waals surface area contributed by atoms with E-state index in [0.29, 0.717) is 10.5 Å². The second kappa shape index (κ2) is 5.32. The summed E-state index contributed by atoms with van der Waals surface area (Å²) >= 11 is 0. The second-order valence-electron chi connectivity index (χ2n) is 5.37. The number of nitrogens with zero attached hydrogens (tertiary/aromatic N) is 1. The molecule has 0 saturated carbocycles. The number of likely N-dealkylation sites (tertiary alicyclic amines) is 1. The van der Waals surface area contributed by atoms with Crippen molar-refractivity contribution in [1.82, 2.24) is 10.2 Å². The third-order valence-electron chi connectivity index (χ3n) is 3.72. The summed E-state index contributed by atoms with van der Waals surface area (Å²) in [6, 6.07) is 1.25. The van der Waals surface area contributed by atoms with Gasteiger partial charge in [0.05, 0.1) is 12.5 Å². The van der Waals surface area contributed by atoms with Gasteiger partial charge in [-0.1, -0.05) is 6.07 Å². The number of carboxylic acid groups (broad SMARTS) is 1. The highest BCUT2D eigenvalue weighted by Gasteiger charge is 2.46. The molecule has 0 radical (unpaired) electrons. The fourth-order valence-corrected chi connectivity index (χ4v) is 2.44. The van der Waals surface area contributed by atoms with E-state index in [-0.39, 0.29) is 17.9 Å². The topological polar surface area (TPSA) is 105 Å². The van der Waals surface area contributed by atoms with Crippen molar-refractivity contribution in [3.63, 3.8) is 0 Å². The normalized spacial score (nSPS) is 21.9. The van der Waals surface area contributed by atoms with E-state index in [9.17, 15) is 23.2 Å². The lowest BCUT2D eigenvalue weighted by Gasteiger charge is -2.36. The molecule has 2 aliphatic rings. The molecule has 24 heavy (non-hydrogen) atoms. The van der Waals surface area contributed by atoms with E-state index in [0.717, 1.165) is 0 Å². The molecule has 0 spiro atoms. The van der Waals surface area contributed by atoms with E-state index in [4.69, 9.17) is 5.11 Å². The highest BCUT2D eigenvalue weighted by Crippen LogP contribution is 2.42. The number of hydrogen-bond donors (Lipinski definition) is 2. The number of carbonyl (C=O) groups excluding carboxylic acids is 2. The van der Waals surface area contributed by atoms with Gasteiger partial charge in [0.15, 0.2) is 11.5 Å². The lowest BCUT2D eigenvalue weighted by atomic mass is 10.0. The van der Waals surface area contributed by atoms with Crippen LogP contribution in [0.5, 0.6) is 11.5 Å². The minimum atomic E-state index is -3.74. The van der Waals surface area contributed by atoms with Crippen molar-refractivity contribution in [3.8, 4) is 11.5 Å². The van der Waals surface area contributed by atoms with E-state index in [1.807, 2.05) is 0 Å². The molecule has 1 fully saturated rings. The zero-order chi connectivity index (χ0) is 17.6. The summed E-state index contributed by atoms with van der Waals surface area (Å²) in [5.41, 5.74) is 0.420. The lowest BCUT2D eigenvalue weighted by molar-refractivity contribution is -0.286. The molecular weight excluding hydrogens is 330 g/mol. The Morgan fingerprint density at radius 3 is 2.67 bits per heavy atom. The number of halogens is 2. The molecular formula is C14H12F2N2O6. The molecule has 1 aromatic carbocycles. The third kappa shape index (κ3) is 2.70. The van der Waals surface area contributed by atoms with Crippen molar-refractivity contribution in [2.75, 3.05) is 0 Å². The number of rotatable bonds is 3. The van der Waals surface area contributed by atoms with Gasteiger partial charge in [0, 0.05) is 0 Å². The van der Waals surface area contributed by atoms with Crippen LogP contribution in [0.15, 0.2) is 18.2 Å². The molecule has 8 nitrogen and oxygen atoms in total. The van der Waals surface area contributed by atoms with Crippen molar-refractivity contribution >= 4 is 17.9 Å². The van der Waals surface area contributed by atoms with Crippen molar-refractivity contribution < 1.29 is 37.7 Å². The van der Waals surface area contributed by atoms with Crippen molar-refractivity contribution in [2.45, 2.75) is 31.7 Å². The number of fused-ring (bicyclic) bond motifs is 1. The summed E-state index contributed by atoms with van der Waals surface area (Å²) in [6.45, 7) is 1.55. The predicted molar refractivity (Wildman–Crippen MR) is 72.5 cm³/mol. The first kappa shape index (κ1) is 16.0. The maximum absolute atomic E-state index is 13.0. The summed E-state index contributed by atoms with van der Waals surface area (Å²) in [5, 5.41) is 11.3. The molecule has 3 amide bonds. The molecule has 0 bridgehead atoms. The third-order valence-corrected chi connectivity index (χ3v) is 3.72. The molecule has 1 saturated heterocycles. The van der Waals surface area contributed by atoms with Gasteiger partial charge in [-0.15, -0.1) is 8.78 Å². The van der Waals surface area contributed by atoms with E-state index < -0.39 is 36.3 Å². The minimum absolute atomic E-state index is 0.133. The van der Waals surface area contributed by atoms with E-state index in [1.165, 1.54) is 18.2 Å². The Morgan fingerprint density at radius 2 is 2.04 bits per heavy atom. The van der Waals surface area contributed by atoms with Crippen LogP contribution in [0.4, 0.5) is 13.6 Å². The summed E-state index contributed by atoms with van der Waals surface area (Å²) in [4.78, 5) is 35.0. The van der Waals surface area contributed by atoms with E-state index in [1.54, 1.807) is 6.92 Å². The number of aliphatic carboxylic acids is 1. The molecule has 2 atom stereocenters. The van der Waals surface area contributed by atoms with Crippen LogP contribution in [-0.4, -0.2) is 40.3 Å². The van der Waals surface area contributed by atoms with Gasteiger partial charge < -0.3 is 19.9 Å². The fraction of sp³-hybridized carbons (Fsp3) is 0.357. The van der Waals surface area contributed by atoms with Crippen LogP contribution in [0.2, 0.25) is 0 Å². The average Bonchev–Trinajstić information content (AvgIpc) is 2.76. The van der Waals surface area contributed by atoms with Crippen molar-refractivity contribution in [1.29, 1.82) is 0 Å². The number of alkyl halides is 2. The highest BCUT2D eigenvalue weighted by molar-refractivity contribution is 6.05. The maximum atomic E-state index is 13.0. The molecule has 1 aromatic rings. The fourth-order valence-electron chi connectivity index (χ4n) is 2.44. The second-order valence-corrected chi connectivity index (χ2v) is 5.37.